The number of carbonyl (C=O) groups excluding carboxylic acids is 1. The van der Waals surface area contributed by atoms with Gasteiger partial charge in [-0.2, -0.15) is 5.10 Å². The minimum absolute atomic E-state index is 0.205. The van der Waals surface area contributed by atoms with Crippen molar-refractivity contribution >= 4 is 16.9 Å². The molecule has 152 valence electrons. The van der Waals surface area contributed by atoms with Crippen LogP contribution in [0.2, 0.25) is 0 Å². The highest BCUT2D eigenvalue weighted by Crippen LogP contribution is 2.35. The second kappa shape index (κ2) is 8.23. The molecule has 1 saturated heterocycles. The average Bonchev–Trinajstić information content (AvgIpc) is 3.11. The first kappa shape index (κ1) is 19.4. The zero-order valence-corrected chi connectivity index (χ0v) is 17.4. The Hall–Kier alpha value is -2.89. The number of methoxy groups -OCH3 is 1. The summed E-state index contributed by atoms with van der Waals surface area (Å²) in [5.74, 6) is 0.986. The van der Waals surface area contributed by atoms with E-state index in [1.807, 2.05) is 40.8 Å². The summed E-state index contributed by atoms with van der Waals surface area (Å²) < 4.78 is 7.46. The normalized spacial score (nSPS) is 14.4. The number of piperidine rings is 1. The number of fused-ring (bicyclic) bond motifs is 1. The van der Waals surface area contributed by atoms with E-state index in [1.54, 1.807) is 7.11 Å². The van der Waals surface area contributed by atoms with Crippen LogP contribution in [0.15, 0.2) is 30.3 Å². The van der Waals surface area contributed by atoms with E-state index in [4.69, 9.17) is 14.8 Å². The Balaban J connectivity index is 1.72. The summed E-state index contributed by atoms with van der Waals surface area (Å²) >= 11 is 0. The molecule has 1 fully saturated rings. The third-order valence-corrected chi connectivity index (χ3v) is 5.64. The van der Waals surface area contributed by atoms with Gasteiger partial charge in [0.15, 0.2) is 5.65 Å². The Morgan fingerprint density at radius 3 is 2.66 bits per heavy atom. The van der Waals surface area contributed by atoms with Crippen molar-refractivity contribution in [3.8, 4) is 17.0 Å². The second-order valence-electron chi connectivity index (χ2n) is 7.74. The predicted molar refractivity (Wildman–Crippen MR) is 114 cm³/mol. The maximum Gasteiger partial charge on any atom is 0.224 e. The fraction of sp³-hybridized carbons (Fsp3) is 0.435. The van der Waals surface area contributed by atoms with Gasteiger partial charge in [-0.15, -0.1) is 0 Å². The number of ether oxygens (including phenoxy) is 1. The molecule has 0 bridgehead atoms. The fourth-order valence-electron chi connectivity index (χ4n) is 4.20. The van der Waals surface area contributed by atoms with E-state index in [-0.39, 0.29) is 5.91 Å². The molecule has 0 atom stereocenters. The second-order valence-corrected chi connectivity index (χ2v) is 7.74. The van der Waals surface area contributed by atoms with Crippen LogP contribution >= 0.6 is 0 Å². The standard InChI is InChI=1S/C23H28N4O2/c1-16-15-17(2)24-23-21(16)22(18-9-5-6-10-19(18)29-3)25-27(23)14-11-20(28)26-12-7-4-8-13-26/h5-6,9-10,15H,4,7-8,11-14H2,1-3H3. The van der Waals surface area contributed by atoms with E-state index in [9.17, 15) is 4.79 Å². The van der Waals surface area contributed by atoms with E-state index >= 15 is 0 Å². The first-order valence-corrected chi connectivity index (χ1v) is 10.3. The van der Waals surface area contributed by atoms with Crippen molar-refractivity contribution in [2.75, 3.05) is 20.2 Å². The van der Waals surface area contributed by atoms with Crippen molar-refractivity contribution < 1.29 is 9.53 Å². The number of likely N-dealkylation sites (tertiary alicyclic amines) is 1. The van der Waals surface area contributed by atoms with Gasteiger partial charge in [0.25, 0.3) is 0 Å². The molecule has 1 aliphatic rings. The molecule has 0 unspecified atom stereocenters. The summed E-state index contributed by atoms with van der Waals surface area (Å²) in [5, 5.41) is 5.91. The highest BCUT2D eigenvalue weighted by molar-refractivity contribution is 5.95. The lowest BCUT2D eigenvalue weighted by molar-refractivity contribution is -0.132. The van der Waals surface area contributed by atoms with Crippen LogP contribution in [-0.2, 0) is 11.3 Å². The number of benzene rings is 1. The molecule has 1 amide bonds. The van der Waals surface area contributed by atoms with Crippen LogP contribution in [0.25, 0.3) is 22.3 Å². The van der Waals surface area contributed by atoms with Crippen molar-refractivity contribution in [2.45, 2.75) is 46.1 Å². The Morgan fingerprint density at radius 1 is 1.14 bits per heavy atom. The minimum atomic E-state index is 0.205. The van der Waals surface area contributed by atoms with Crippen LogP contribution in [0.4, 0.5) is 0 Å². The van der Waals surface area contributed by atoms with Gasteiger partial charge >= 0.3 is 0 Å². The predicted octanol–water partition coefficient (Wildman–Crippen LogP) is 4.13. The molecule has 4 rings (SSSR count). The molecule has 3 heterocycles. The topological polar surface area (TPSA) is 60.3 Å². The van der Waals surface area contributed by atoms with Crippen LogP contribution < -0.4 is 4.74 Å². The number of aryl methyl sites for hydroxylation is 3. The Morgan fingerprint density at radius 2 is 1.90 bits per heavy atom. The van der Waals surface area contributed by atoms with Crippen LogP contribution in [0, 0.1) is 13.8 Å². The average molecular weight is 393 g/mol. The number of nitrogens with zero attached hydrogens (tertiary/aromatic N) is 4. The van der Waals surface area contributed by atoms with Crippen molar-refractivity contribution in [1.29, 1.82) is 0 Å². The van der Waals surface area contributed by atoms with Crippen molar-refractivity contribution in [3.05, 3.63) is 41.6 Å². The number of hydrogen-bond donors (Lipinski definition) is 0. The maximum atomic E-state index is 12.7. The third kappa shape index (κ3) is 3.84. The third-order valence-electron chi connectivity index (χ3n) is 5.64. The van der Waals surface area contributed by atoms with Crippen molar-refractivity contribution in [2.24, 2.45) is 0 Å². The Kier molecular flexibility index (Phi) is 5.51. The van der Waals surface area contributed by atoms with Gasteiger partial charge in [-0.05, 0) is 56.9 Å². The number of hydrogen-bond acceptors (Lipinski definition) is 4. The monoisotopic (exact) mass is 392 g/mol. The Bertz CT molecular complexity index is 1030. The van der Waals surface area contributed by atoms with Gasteiger partial charge in [0.2, 0.25) is 5.91 Å². The zero-order valence-electron chi connectivity index (χ0n) is 17.4. The minimum Gasteiger partial charge on any atom is -0.496 e. The molecule has 6 heteroatoms. The molecule has 0 radical (unpaired) electrons. The van der Waals surface area contributed by atoms with Crippen LogP contribution in [-0.4, -0.2) is 45.8 Å². The highest BCUT2D eigenvalue weighted by Gasteiger charge is 2.21. The Labute approximate surface area is 171 Å². The molecule has 0 spiro atoms. The van der Waals surface area contributed by atoms with Crippen LogP contribution in [0.1, 0.15) is 36.9 Å². The van der Waals surface area contributed by atoms with Crippen LogP contribution in [0.5, 0.6) is 5.75 Å². The van der Waals surface area contributed by atoms with E-state index in [2.05, 4.69) is 13.0 Å². The molecule has 29 heavy (non-hydrogen) atoms. The number of aromatic nitrogens is 3. The molecule has 0 saturated carbocycles. The van der Waals surface area contributed by atoms with Gasteiger partial charge in [-0.1, -0.05) is 12.1 Å². The molecular weight excluding hydrogens is 364 g/mol. The van der Waals surface area contributed by atoms with E-state index in [0.717, 1.165) is 65.2 Å². The van der Waals surface area contributed by atoms with Gasteiger partial charge in [-0.25, -0.2) is 9.67 Å². The molecule has 1 aromatic carbocycles. The van der Waals surface area contributed by atoms with E-state index in [1.165, 1.54) is 6.42 Å². The summed E-state index contributed by atoms with van der Waals surface area (Å²) in [6.45, 7) is 6.35. The van der Waals surface area contributed by atoms with Gasteiger partial charge in [0.05, 0.1) is 19.0 Å². The van der Waals surface area contributed by atoms with Gasteiger partial charge in [-0.3, -0.25) is 4.79 Å². The number of carbonyl (C=O) groups is 1. The number of amides is 1. The summed E-state index contributed by atoms with van der Waals surface area (Å²) in [5.41, 5.74) is 4.70. The number of rotatable bonds is 5. The summed E-state index contributed by atoms with van der Waals surface area (Å²) in [4.78, 5) is 19.4. The summed E-state index contributed by atoms with van der Waals surface area (Å²) in [7, 11) is 1.67. The summed E-state index contributed by atoms with van der Waals surface area (Å²) in [6.07, 6.45) is 3.87. The molecule has 2 aromatic heterocycles. The SMILES string of the molecule is COc1ccccc1-c1nn(CCC(=O)N2CCCCC2)c2nc(C)cc(C)c12. The van der Waals surface area contributed by atoms with Crippen LogP contribution in [0.3, 0.4) is 0 Å². The molecule has 6 nitrogen and oxygen atoms in total. The smallest absolute Gasteiger partial charge is 0.224 e. The largest absolute Gasteiger partial charge is 0.496 e. The number of pyridine rings is 1. The van der Waals surface area contributed by atoms with E-state index in [0.29, 0.717) is 13.0 Å². The molecular formula is C23H28N4O2. The first-order valence-electron chi connectivity index (χ1n) is 10.3. The maximum absolute atomic E-state index is 12.7. The van der Waals surface area contributed by atoms with Crippen molar-refractivity contribution in [3.63, 3.8) is 0 Å². The lowest BCUT2D eigenvalue weighted by Crippen LogP contribution is -2.36. The fourth-order valence-corrected chi connectivity index (χ4v) is 4.20. The van der Waals surface area contributed by atoms with E-state index < -0.39 is 0 Å². The quantitative estimate of drug-likeness (QED) is 0.655. The highest BCUT2D eigenvalue weighted by atomic mass is 16.5. The number of para-hydroxylation sites is 1. The van der Waals surface area contributed by atoms with Crippen molar-refractivity contribution in [1.82, 2.24) is 19.7 Å². The van der Waals surface area contributed by atoms with Gasteiger partial charge in [0.1, 0.15) is 11.4 Å². The summed E-state index contributed by atoms with van der Waals surface area (Å²) in [6, 6.07) is 9.97. The molecule has 3 aromatic rings. The lowest BCUT2D eigenvalue weighted by atomic mass is 10.0. The molecule has 0 N–H and O–H groups in total. The van der Waals surface area contributed by atoms with Gasteiger partial charge in [0, 0.05) is 30.8 Å². The molecule has 0 aliphatic carbocycles. The first-order chi connectivity index (χ1) is 14.1. The zero-order chi connectivity index (χ0) is 20.4. The lowest BCUT2D eigenvalue weighted by Gasteiger charge is -2.26. The molecule has 1 aliphatic heterocycles. The van der Waals surface area contributed by atoms with Gasteiger partial charge < -0.3 is 9.64 Å².